The Balaban J connectivity index is 1.91. The molecule has 2 aromatic carbocycles. The van der Waals surface area contributed by atoms with E-state index in [0.717, 1.165) is 11.3 Å². The van der Waals surface area contributed by atoms with Crippen LogP contribution in [0.3, 0.4) is 0 Å². The summed E-state index contributed by atoms with van der Waals surface area (Å²) in [5.41, 5.74) is 1.60. The number of urea groups is 1. The molecule has 1 heterocycles. The first kappa shape index (κ1) is 19.1. The second-order valence-electron chi connectivity index (χ2n) is 5.81. The first-order valence-electron chi connectivity index (χ1n) is 8.11. The van der Waals surface area contributed by atoms with Crippen molar-refractivity contribution in [1.82, 2.24) is 0 Å². The molecule has 0 radical (unpaired) electrons. The topological polar surface area (TPSA) is 122 Å². The highest BCUT2D eigenvalue weighted by molar-refractivity contribution is 7.20. The Labute approximate surface area is 163 Å². The van der Waals surface area contributed by atoms with Crippen molar-refractivity contribution in [3.8, 4) is 10.4 Å². The van der Waals surface area contributed by atoms with Gasteiger partial charge in [0.2, 0.25) is 0 Å². The Hall–Kier alpha value is -3.72. The summed E-state index contributed by atoms with van der Waals surface area (Å²) >= 11 is 1.10. The molecule has 1 aromatic heterocycles. The smallest absolute Gasteiger partial charge is 0.339 e. The molecule has 8 nitrogen and oxygen atoms in total. The Morgan fingerprint density at radius 1 is 1.04 bits per heavy atom. The molecule has 0 aliphatic carbocycles. The van der Waals surface area contributed by atoms with E-state index in [-0.39, 0.29) is 16.3 Å². The van der Waals surface area contributed by atoms with Crippen LogP contribution in [0.15, 0.2) is 54.6 Å². The second kappa shape index (κ2) is 7.89. The highest BCUT2D eigenvalue weighted by Crippen LogP contribution is 2.40. The SMILES string of the molecule is Cc1c(-c2ccc([N+](=O)[O-])cc2)sc(NC(=O)Nc2ccccc2)c1C(=O)O. The molecule has 2 amide bonds. The van der Waals surface area contributed by atoms with E-state index >= 15 is 0 Å². The maximum absolute atomic E-state index is 12.2. The van der Waals surface area contributed by atoms with Crippen molar-refractivity contribution in [2.75, 3.05) is 10.6 Å². The number of carbonyl (C=O) groups is 2. The average Bonchev–Trinajstić information content (AvgIpc) is 2.98. The number of carboxylic acid groups (broad SMARTS) is 1. The van der Waals surface area contributed by atoms with Crippen LogP contribution in [0.25, 0.3) is 10.4 Å². The van der Waals surface area contributed by atoms with Crippen molar-refractivity contribution < 1.29 is 19.6 Å². The lowest BCUT2D eigenvalue weighted by Crippen LogP contribution is -2.20. The number of non-ortho nitro benzene ring substituents is 1. The van der Waals surface area contributed by atoms with E-state index in [1.165, 1.54) is 12.1 Å². The molecule has 0 fully saturated rings. The molecule has 142 valence electrons. The lowest BCUT2D eigenvalue weighted by Gasteiger charge is -2.06. The molecule has 0 aliphatic heterocycles. The van der Waals surface area contributed by atoms with Gasteiger partial charge < -0.3 is 10.4 Å². The number of nitrogens with one attached hydrogen (secondary N) is 2. The molecule has 9 heteroatoms. The highest BCUT2D eigenvalue weighted by Gasteiger charge is 2.23. The molecule has 0 bridgehead atoms. The fourth-order valence-corrected chi connectivity index (χ4v) is 3.86. The van der Waals surface area contributed by atoms with Gasteiger partial charge in [-0.3, -0.25) is 15.4 Å². The highest BCUT2D eigenvalue weighted by atomic mass is 32.1. The van der Waals surface area contributed by atoms with Crippen molar-refractivity contribution in [3.05, 3.63) is 75.8 Å². The quantitative estimate of drug-likeness (QED) is 0.414. The van der Waals surface area contributed by atoms with Crippen LogP contribution in [0.4, 0.5) is 21.2 Å². The third kappa shape index (κ3) is 3.99. The van der Waals surface area contributed by atoms with Gasteiger partial charge in [0.25, 0.3) is 5.69 Å². The normalized spacial score (nSPS) is 10.3. The van der Waals surface area contributed by atoms with Crippen LogP contribution in [0.5, 0.6) is 0 Å². The molecule has 0 saturated heterocycles. The number of nitro benzene ring substituents is 1. The van der Waals surface area contributed by atoms with E-state index in [4.69, 9.17) is 0 Å². The van der Waals surface area contributed by atoms with Gasteiger partial charge in [0.05, 0.1) is 10.5 Å². The predicted molar refractivity (Wildman–Crippen MR) is 107 cm³/mol. The predicted octanol–water partition coefficient (Wildman–Crippen LogP) is 4.97. The van der Waals surface area contributed by atoms with E-state index in [1.807, 2.05) is 6.07 Å². The zero-order chi connectivity index (χ0) is 20.3. The number of nitrogens with zero attached hydrogens (tertiary/aromatic N) is 1. The maximum atomic E-state index is 12.2. The van der Waals surface area contributed by atoms with Crippen molar-refractivity contribution >= 4 is 39.7 Å². The van der Waals surface area contributed by atoms with Crippen LogP contribution in [-0.2, 0) is 0 Å². The number of hydrogen-bond donors (Lipinski definition) is 3. The Kier molecular flexibility index (Phi) is 5.37. The number of thiophene rings is 1. The molecule has 0 unspecified atom stereocenters. The second-order valence-corrected chi connectivity index (χ2v) is 6.84. The van der Waals surface area contributed by atoms with Crippen molar-refractivity contribution in [1.29, 1.82) is 0 Å². The Morgan fingerprint density at radius 2 is 1.68 bits per heavy atom. The molecular formula is C19H15N3O5S. The molecular weight excluding hydrogens is 382 g/mol. The van der Waals surface area contributed by atoms with Gasteiger partial charge in [-0.15, -0.1) is 11.3 Å². The maximum Gasteiger partial charge on any atom is 0.339 e. The van der Waals surface area contributed by atoms with Gasteiger partial charge in [0.15, 0.2) is 0 Å². The van der Waals surface area contributed by atoms with Crippen LogP contribution < -0.4 is 10.6 Å². The fourth-order valence-electron chi connectivity index (χ4n) is 2.66. The van der Waals surface area contributed by atoms with Gasteiger partial charge >= 0.3 is 12.0 Å². The summed E-state index contributed by atoms with van der Waals surface area (Å²) < 4.78 is 0. The standard InChI is InChI=1S/C19H15N3O5S/c1-11-15(18(23)24)17(21-19(25)20-13-5-3-2-4-6-13)28-16(11)12-7-9-14(10-8-12)22(26)27/h2-10H,1H3,(H,23,24)(H2,20,21,25). The number of hydrogen-bond acceptors (Lipinski definition) is 5. The number of carbonyl (C=O) groups excluding carboxylic acids is 1. The molecule has 0 saturated carbocycles. The summed E-state index contributed by atoms with van der Waals surface area (Å²) in [5.74, 6) is -1.17. The third-order valence-electron chi connectivity index (χ3n) is 3.96. The first-order chi connectivity index (χ1) is 13.4. The summed E-state index contributed by atoms with van der Waals surface area (Å²) in [6, 6.07) is 14.0. The Morgan fingerprint density at radius 3 is 2.25 bits per heavy atom. The van der Waals surface area contributed by atoms with Crippen molar-refractivity contribution in [3.63, 3.8) is 0 Å². The summed E-state index contributed by atoms with van der Waals surface area (Å²) in [6.45, 7) is 1.64. The van der Waals surface area contributed by atoms with Gasteiger partial charge in [0, 0.05) is 22.7 Å². The van der Waals surface area contributed by atoms with E-state index < -0.39 is 16.9 Å². The minimum absolute atomic E-state index is 0.0124. The summed E-state index contributed by atoms with van der Waals surface area (Å²) in [6.07, 6.45) is 0. The first-order valence-corrected chi connectivity index (χ1v) is 8.93. The molecule has 0 spiro atoms. The third-order valence-corrected chi connectivity index (χ3v) is 5.22. The summed E-state index contributed by atoms with van der Waals surface area (Å²) in [4.78, 5) is 34.9. The number of carboxylic acids is 1. The van der Waals surface area contributed by atoms with E-state index in [1.54, 1.807) is 43.3 Å². The molecule has 0 atom stereocenters. The van der Waals surface area contributed by atoms with Crippen LogP contribution in [0.2, 0.25) is 0 Å². The Bertz CT molecular complexity index is 1050. The molecule has 3 N–H and O–H groups in total. The lowest BCUT2D eigenvalue weighted by atomic mass is 10.1. The monoisotopic (exact) mass is 397 g/mol. The zero-order valence-electron chi connectivity index (χ0n) is 14.6. The van der Waals surface area contributed by atoms with E-state index in [0.29, 0.717) is 21.7 Å². The van der Waals surface area contributed by atoms with Gasteiger partial charge in [0.1, 0.15) is 5.00 Å². The lowest BCUT2D eigenvalue weighted by molar-refractivity contribution is -0.384. The minimum atomic E-state index is -1.17. The van der Waals surface area contributed by atoms with Crippen LogP contribution in [-0.4, -0.2) is 22.0 Å². The van der Waals surface area contributed by atoms with Gasteiger partial charge in [-0.05, 0) is 42.3 Å². The number of rotatable bonds is 5. The molecule has 0 aliphatic rings. The van der Waals surface area contributed by atoms with Crippen molar-refractivity contribution in [2.24, 2.45) is 0 Å². The molecule has 28 heavy (non-hydrogen) atoms. The summed E-state index contributed by atoms with van der Waals surface area (Å²) in [7, 11) is 0. The number of amides is 2. The largest absolute Gasteiger partial charge is 0.478 e. The molecule has 3 rings (SSSR count). The zero-order valence-corrected chi connectivity index (χ0v) is 15.4. The molecule has 3 aromatic rings. The van der Waals surface area contributed by atoms with Crippen LogP contribution in [0.1, 0.15) is 15.9 Å². The number of para-hydroxylation sites is 1. The van der Waals surface area contributed by atoms with E-state index in [2.05, 4.69) is 10.6 Å². The number of anilines is 2. The fraction of sp³-hybridized carbons (Fsp3) is 0.0526. The average molecular weight is 397 g/mol. The number of nitro groups is 1. The van der Waals surface area contributed by atoms with Gasteiger partial charge in [-0.2, -0.15) is 0 Å². The van der Waals surface area contributed by atoms with Crippen molar-refractivity contribution in [2.45, 2.75) is 6.92 Å². The van der Waals surface area contributed by atoms with Gasteiger partial charge in [-0.25, -0.2) is 9.59 Å². The van der Waals surface area contributed by atoms with Crippen LogP contribution >= 0.6 is 11.3 Å². The van der Waals surface area contributed by atoms with Gasteiger partial charge in [-0.1, -0.05) is 18.2 Å². The van der Waals surface area contributed by atoms with E-state index in [9.17, 15) is 24.8 Å². The summed E-state index contributed by atoms with van der Waals surface area (Å²) in [5, 5.41) is 25.8. The number of aromatic carboxylic acids is 1. The van der Waals surface area contributed by atoms with Crippen LogP contribution in [0, 0.1) is 17.0 Å². The number of benzene rings is 2. The minimum Gasteiger partial charge on any atom is -0.478 e.